The molecule has 0 saturated carbocycles. The van der Waals surface area contributed by atoms with E-state index >= 15 is 0 Å². The summed E-state index contributed by atoms with van der Waals surface area (Å²) in [7, 11) is 0. The summed E-state index contributed by atoms with van der Waals surface area (Å²) in [6.45, 7) is 0.281. The molecule has 10 heteroatoms. The van der Waals surface area contributed by atoms with E-state index in [9.17, 15) is 19.7 Å². The van der Waals surface area contributed by atoms with Crippen molar-refractivity contribution < 1.29 is 18.9 Å². The lowest BCUT2D eigenvalue weighted by atomic mass is 9.98. The lowest BCUT2D eigenvalue weighted by molar-refractivity contribution is -0.402. The number of likely N-dealkylation sites (tertiary alicyclic amines) is 1. The number of furan rings is 1. The summed E-state index contributed by atoms with van der Waals surface area (Å²) in [5.41, 5.74) is 0.578. The average Bonchev–Trinajstić information content (AvgIpc) is 3.04. The zero-order chi connectivity index (χ0) is 18.8. The molecule has 0 radical (unpaired) electrons. The Morgan fingerprint density at radius 1 is 1.35 bits per heavy atom. The Morgan fingerprint density at radius 2 is 2.08 bits per heavy atom. The zero-order valence-corrected chi connectivity index (χ0v) is 13.9. The number of nitrogens with zero attached hydrogens (tertiary/aromatic N) is 3. The first-order valence-corrected chi connectivity index (χ1v) is 7.81. The molecule has 26 heavy (non-hydrogen) atoms. The van der Waals surface area contributed by atoms with Gasteiger partial charge in [0.05, 0.1) is 23.2 Å². The van der Waals surface area contributed by atoms with Gasteiger partial charge < -0.3 is 14.6 Å². The number of rotatable bonds is 4. The van der Waals surface area contributed by atoms with Crippen LogP contribution in [0.5, 0.6) is 0 Å². The summed E-state index contributed by atoms with van der Waals surface area (Å²) in [6.07, 6.45) is 0. The molecule has 0 spiro atoms. The van der Waals surface area contributed by atoms with E-state index in [1.54, 1.807) is 6.07 Å². The molecular formula is C16H11ClN4O5. The molecule has 0 aliphatic carbocycles. The SMILES string of the molecule is N#Cc1ccc(Cl)cc1NC(=O)C1CN(C(=O)c2ccc([N+](=O)[O-])o2)C1. The van der Waals surface area contributed by atoms with Crippen LogP contribution in [-0.4, -0.2) is 34.7 Å². The van der Waals surface area contributed by atoms with Gasteiger partial charge in [-0.2, -0.15) is 5.26 Å². The predicted octanol–water partition coefficient (Wildman–Crippen LogP) is 2.42. The normalized spacial score (nSPS) is 13.6. The molecule has 132 valence electrons. The van der Waals surface area contributed by atoms with Crippen LogP contribution in [0.3, 0.4) is 0 Å². The largest absolute Gasteiger partial charge is 0.433 e. The molecule has 1 aliphatic rings. The first kappa shape index (κ1) is 17.4. The molecule has 1 saturated heterocycles. The lowest BCUT2D eigenvalue weighted by Gasteiger charge is -2.37. The molecule has 0 bridgehead atoms. The number of carbonyl (C=O) groups excluding carboxylic acids is 2. The van der Waals surface area contributed by atoms with E-state index in [-0.39, 0.29) is 30.3 Å². The van der Waals surface area contributed by atoms with E-state index in [1.807, 2.05) is 6.07 Å². The number of nitro groups is 1. The molecule has 0 unspecified atom stereocenters. The van der Waals surface area contributed by atoms with E-state index < -0.39 is 22.6 Å². The minimum absolute atomic E-state index is 0.140. The maximum Gasteiger partial charge on any atom is 0.433 e. The molecule has 2 aromatic rings. The van der Waals surface area contributed by atoms with Crippen LogP contribution in [0.25, 0.3) is 0 Å². The van der Waals surface area contributed by atoms with Crippen molar-refractivity contribution in [2.24, 2.45) is 5.92 Å². The van der Waals surface area contributed by atoms with Crippen molar-refractivity contribution in [1.82, 2.24) is 4.90 Å². The highest BCUT2D eigenvalue weighted by Gasteiger charge is 2.37. The van der Waals surface area contributed by atoms with Crippen LogP contribution in [0, 0.1) is 27.4 Å². The van der Waals surface area contributed by atoms with Crippen LogP contribution in [0.1, 0.15) is 16.1 Å². The van der Waals surface area contributed by atoms with Gasteiger partial charge in [-0.25, -0.2) is 0 Å². The fraction of sp³-hybridized carbons (Fsp3) is 0.188. The van der Waals surface area contributed by atoms with E-state index in [0.29, 0.717) is 10.7 Å². The maximum absolute atomic E-state index is 12.3. The summed E-state index contributed by atoms with van der Waals surface area (Å²) in [6, 6.07) is 8.79. The van der Waals surface area contributed by atoms with Crippen molar-refractivity contribution in [3.8, 4) is 6.07 Å². The van der Waals surface area contributed by atoms with Gasteiger partial charge in [-0.15, -0.1) is 0 Å². The number of anilines is 1. The summed E-state index contributed by atoms with van der Waals surface area (Å²) in [4.78, 5) is 35.6. The number of carbonyl (C=O) groups is 2. The fourth-order valence-electron chi connectivity index (χ4n) is 2.46. The zero-order valence-electron chi connectivity index (χ0n) is 13.1. The second-order valence-electron chi connectivity index (χ2n) is 5.59. The van der Waals surface area contributed by atoms with Crippen molar-refractivity contribution in [3.05, 3.63) is 56.8 Å². The van der Waals surface area contributed by atoms with E-state index in [1.165, 1.54) is 23.1 Å². The van der Waals surface area contributed by atoms with Crippen molar-refractivity contribution in [2.45, 2.75) is 0 Å². The highest BCUT2D eigenvalue weighted by atomic mass is 35.5. The standard InChI is InChI=1S/C16H11ClN4O5/c17-11-2-1-9(6-18)12(5-11)19-15(22)10-7-20(8-10)16(23)13-3-4-14(26-13)21(24)25/h1-5,10H,7-8H2,(H,19,22). The second kappa shape index (κ2) is 6.85. The molecule has 1 fully saturated rings. The Bertz CT molecular complexity index is 942. The van der Waals surface area contributed by atoms with Gasteiger partial charge >= 0.3 is 5.88 Å². The Hall–Kier alpha value is -3.38. The molecule has 9 nitrogen and oxygen atoms in total. The predicted molar refractivity (Wildman–Crippen MR) is 89.6 cm³/mol. The average molecular weight is 375 g/mol. The summed E-state index contributed by atoms with van der Waals surface area (Å²) >= 11 is 5.87. The first-order chi connectivity index (χ1) is 12.4. The van der Waals surface area contributed by atoms with Gasteiger partial charge in [0, 0.05) is 18.1 Å². The third-order valence-electron chi connectivity index (χ3n) is 3.88. The van der Waals surface area contributed by atoms with Crippen LogP contribution in [0.15, 0.2) is 34.7 Å². The summed E-state index contributed by atoms with van der Waals surface area (Å²) in [5.74, 6) is -2.01. The number of hydrogen-bond donors (Lipinski definition) is 1. The number of halogens is 1. The van der Waals surface area contributed by atoms with Gasteiger partial charge in [-0.05, 0) is 24.3 Å². The Morgan fingerprint density at radius 3 is 2.69 bits per heavy atom. The minimum atomic E-state index is -0.735. The molecule has 1 aliphatic heterocycles. The number of benzene rings is 1. The second-order valence-corrected chi connectivity index (χ2v) is 6.03. The molecule has 2 heterocycles. The molecule has 2 amide bonds. The number of nitriles is 1. The van der Waals surface area contributed by atoms with Crippen LogP contribution < -0.4 is 5.32 Å². The molecule has 3 rings (SSSR count). The molecule has 1 N–H and O–H groups in total. The van der Waals surface area contributed by atoms with Crippen molar-refractivity contribution >= 4 is 35.0 Å². The highest BCUT2D eigenvalue weighted by molar-refractivity contribution is 6.31. The first-order valence-electron chi connectivity index (χ1n) is 7.43. The quantitative estimate of drug-likeness (QED) is 0.646. The van der Waals surface area contributed by atoms with Gasteiger partial charge in [0.15, 0.2) is 5.76 Å². The van der Waals surface area contributed by atoms with Gasteiger partial charge in [0.2, 0.25) is 5.91 Å². The van der Waals surface area contributed by atoms with Crippen LogP contribution in [0.2, 0.25) is 5.02 Å². The van der Waals surface area contributed by atoms with Gasteiger partial charge in [-0.1, -0.05) is 11.6 Å². The maximum atomic E-state index is 12.3. The topological polar surface area (TPSA) is 129 Å². The van der Waals surface area contributed by atoms with Crippen molar-refractivity contribution in [2.75, 3.05) is 18.4 Å². The fourth-order valence-corrected chi connectivity index (χ4v) is 2.63. The van der Waals surface area contributed by atoms with Gasteiger partial charge in [0.1, 0.15) is 11.0 Å². The Labute approximate surface area is 151 Å². The van der Waals surface area contributed by atoms with Crippen molar-refractivity contribution in [1.29, 1.82) is 5.26 Å². The third-order valence-corrected chi connectivity index (χ3v) is 4.12. The molecular weight excluding hydrogens is 364 g/mol. The Balaban J connectivity index is 1.60. The lowest BCUT2D eigenvalue weighted by Crippen LogP contribution is -2.54. The van der Waals surface area contributed by atoms with E-state index in [2.05, 4.69) is 5.32 Å². The van der Waals surface area contributed by atoms with Crippen molar-refractivity contribution in [3.63, 3.8) is 0 Å². The molecule has 0 atom stereocenters. The van der Waals surface area contributed by atoms with Gasteiger partial charge in [-0.3, -0.25) is 19.7 Å². The third kappa shape index (κ3) is 3.36. The molecule has 1 aromatic heterocycles. The van der Waals surface area contributed by atoms with Crippen LogP contribution in [0.4, 0.5) is 11.6 Å². The monoisotopic (exact) mass is 374 g/mol. The number of nitrogens with one attached hydrogen (secondary N) is 1. The van der Waals surface area contributed by atoms with E-state index in [0.717, 1.165) is 6.07 Å². The highest BCUT2D eigenvalue weighted by Crippen LogP contribution is 2.25. The summed E-state index contributed by atoms with van der Waals surface area (Å²) in [5, 5.41) is 22.6. The summed E-state index contributed by atoms with van der Waals surface area (Å²) < 4.78 is 4.86. The number of hydrogen-bond acceptors (Lipinski definition) is 6. The van der Waals surface area contributed by atoms with Gasteiger partial charge in [0.25, 0.3) is 5.91 Å². The smallest absolute Gasteiger partial charge is 0.395 e. The Kier molecular flexibility index (Phi) is 4.60. The van der Waals surface area contributed by atoms with Crippen LogP contribution >= 0.6 is 11.6 Å². The minimum Gasteiger partial charge on any atom is -0.395 e. The van der Waals surface area contributed by atoms with E-state index in [4.69, 9.17) is 21.3 Å². The van der Waals surface area contributed by atoms with Crippen LogP contribution in [-0.2, 0) is 4.79 Å². The molecule has 1 aromatic carbocycles. The number of amides is 2.